The summed E-state index contributed by atoms with van der Waals surface area (Å²) in [5, 5.41) is 7.42. The van der Waals surface area contributed by atoms with Gasteiger partial charge in [0.2, 0.25) is 0 Å². The second kappa shape index (κ2) is 4.60. The van der Waals surface area contributed by atoms with Crippen LogP contribution in [0.25, 0.3) is 0 Å². The maximum absolute atomic E-state index is 5.13. The number of rotatable bonds is 4. The summed E-state index contributed by atoms with van der Waals surface area (Å²) in [6, 6.07) is 0.323. The molecule has 0 fully saturated rings. The maximum Gasteiger partial charge on any atom is 0.138 e. The van der Waals surface area contributed by atoms with Gasteiger partial charge in [-0.15, -0.1) is 0 Å². The molecule has 0 aromatic carbocycles. The maximum atomic E-state index is 5.13. The molecule has 1 atom stereocenters. The van der Waals surface area contributed by atoms with Crippen molar-refractivity contribution in [2.75, 3.05) is 6.54 Å². The standard InChI is InChI=1S/C11H20N2O/c1-7(2)6-12-8(3)11-9(4)13-14-10(11)5/h7-8,12H,6H2,1-5H3. The quantitative estimate of drug-likeness (QED) is 0.804. The van der Waals surface area contributed by atoms with Crippen LogP contribution < -0.4 is 5.32 Å². The first-order valence-electron chi connectivity index (χ1n) is 5.18. The molecular weight excluding hydrogens is 176 g/mol. The fourth-order valence-corrected chi connectivity index (χ4v) is 1.62. The Morgan fingerprint density at radius 3 is 2.36 bits per heavy atom. The molecule has 1 heterocycles. The molecule has 0 spiro atoms. The highest BCUT2D eigenvalue weighted by atomic mass is 16.5. The van der Waals surface area contributed by atoms with Gasteiger partial charge in [-0.05, 0) is 33.2 Å². The topological polar surface area (TPSA) is 38.1 Å². The van der Waals surface area contributed by atoms with E-state index in [0.717, 1.165) is 18.0 Å². The predicted molar refractivity (Wildman–Crippen MR) is 57.2 cm³/mol. The zero-order chi connectivity index (χ0) is 10.7. The molecule has 1 aromatic rings. The monoisotopic (exact) mass is 196 g/mol. The number of hydrogen-bond acceptors (Lipinski definition) is 3. The summed E-state index contributed by atoms with van der Waals surface area (Å²) in [6.07, 6.45) is 0. The highest BCUT2D eigenvalue weighted by Crippen LogP contribution is 2.20. The van der Waals surface area contributed by atoms with Crippen LogP contribution in [0.5, 0.6) is 0 Å². The van der Waals surface area contributed by atoms with Gasteiger partial charge < -0.3 is 9.84 Å². The van der Waals surface area contributed by atoms with Gasteiger partial charge in [0.05, 0.1) is 5.69 Å². The Balaban J connectivity index is 2.64. The number of nitrogens with zero attached hydrogens (tertiary/aromatic N) is 1. The van der Waals surface area contributed by atoms with Gasteiger partial charge in [-0.3, -0.25) is 0 Å². The van der Waals surface area contributed by atoms with Gasteiger partial charge in [-0.25, -0.2) is 0 Å². The second-order valence-corrected chi connectivity index (χ2v) is 4.26. The number of hydrogen-bond donors (Lipinski definition) is 1. The third-order valence-electron chi connectivity index (χ3n) is 2.35. The molecule has 3 heteroatoms. The van der Waals surface area contributed by atoms with Gasteiger partial charge in [0.15, 0.2) is 0 Å². The Morgan fingerprint density at radius 2 is 1.93 bits per heavy atom. The Kier molecular flexibility index (Phi) is 3.69. The molecule has 1 rings (SSSR count). The number of aryl methyl sites for hydroxylation is 2. The lowest BCUT2D eigenvalue weighted by molar-refractivity contribution is 0.390. The van der Waals surface area contributed by atoms with Crippen LogP contribution in [0.1, 0.15) is 43.8 Å². The van der Waals surface area contributed by atoms with E-state index in [4.69, 9.17) is 4.52 Å². The van der Waals surface area contributed by atoms with Crippen molar-refractivity contribution in [1.29, 1.82) is 0 Å². The van der Waals surface area contributed by atoms with Crippen LogP contribution in [0, 0.1) is 19.8 Å². The van der Waals surface area contributed by atoms with Gasteiger partial charge >= 0.3 is 0 Å². The van der Waals surface area contributed by atoms with Crippen molar-refractivity contribution in [2.45, 2.75) is 40.7 Å². The molecule has 1 aromatic heterocycles. The second-order valence-electron chi connectivity index (χ2n) is 4.26. The molecule has 0 saturated carbocycles. The van der Waals surface area contributed by atoms with E-state index in [-0.39, 0.29) is 0 Å². The van der Waals surface area contributed by atoms with E-state index in [0.29, 0.717) is 12.0 Å². The fraction of sp³-hybridized carbons (Fsp3) is 0.727. The zero-order valence-electron chi connectivity index (χ0n) is 9.72. The first-order chi connectivity index (χ1) is 6.52. The summed E-state index contributed by atoms with van der Waals surface area (Å²) in [4.78, 5) is 0. The smallest absolute Gasteiger partial charge is 0.138 e. The highest BCUT2D eigenvalue weighted by Gasteiger charge is 2.15. The summed E-state index contributed by atoms with van der Waals surface area (Å²) in [5.74, 6) is 1.59. The number of aromatic nitrogens is 1. The van der Waals surface area contributed by atoms with Crippen LogP contribution >= 0.6 is 0 Å². The van der Waals surface area contributed by atoms with E-state index in [2.05, 4.69) is 31.2 Å². The van der Waals surface area contributed by atoms with E-state index in [1.54, 1.807) is 0 Å². The molecule has 1 unspecified atom stereocenters. The van der Waals surface area contributed by atoms with E-state index >= 15 is 0 Å². The van der Waals surface area contributed by atoms with Crippen LogP contribution in [0.4, 0.5) is 0 Å². The minimum Gasteiger partial charge on any atom is -0.361 e. The van der Waals surface area contributed by atoms with Crippen LogP contribution in [-0.2, 0) is 0 Å². The van der Waals surface area contributed by atoms with Gasteiger partial charge in [-0.2, -0.15) is 0 Å². The van der Waals surface area contributed by atoms with Gasteiger partial charge in [0, 0.05) is 11.6 Å². The van der Waals surface area contributed by atoms with Crippen molar-refractivity contribution >= 4 is 0 Å². The van der Waals surface area contributed by atoms with Crippen molar-refractivity contribution in [3.8, 4) is 0 Å². The van der Waals surface area contributed by atoms with Gasteiger partial charge in [0.25, 0.3) is 0 Å². The highest BCUT2D eigenvalue weighted by molar-refractivity contribution is 5.24. The predicted octanol–water partition coefficient (Wildman–Crippen LogP) is 2.60. The molecule has 0 aliphatic rings. The molecular formula is C11H20N2O. The van der Waals surface area contributed by atoms with E-state index < -0.39 is 0 Å². The first-order valence-corrected chi connectivity index (χ1v) is 5.18. The van der Waals surface area contributed by atoms with Gasteiger partial charge in [-0.1, -0.05) is 19.0 Å². The summed E-state index contributed by atoms with van der Waals surface area (Å²) >= 11 is 0. The normalized spacial score (nSPS) is 13.6. The van der Waals surface area contributed by atoms with Crippen LogP contribution in [0.3, 0.4) is 0 Å². The third-order valence-corrected chi connectivity index (χ3v) is 2.35. The van der Waals surface area contributed by atoms with Crippen molar-refractivity contribution < 1.29 is 4.52 Å². The Morgan fingerprint density at radius 1 is 1.29 bits per heavy atom. The minimum absolute atomic E-state index is 0.323. The summed E-state index contributed by atoms with van der Waals surface area (Å²) < 4.78 is 5.13. The number of nitrogens with one attached hydrogen (secondary N) is 1. The largest absolute Gasteiger partial charge is 0.361 e. The average molecular weight is 196 g/mol. The SMILES string of the molecule is Cc1noc(C)c1C(C)NCC(C)C. The molecule has 0 bridgehead atoms. The first kappa shape index (κ1) is 11.2. The summed E-state index contributed by atoms with van der Waals surface area (Å²) in [7, 11) is 0. The van der Waals surface area contributed by atoms with Crippen molar-refractivity contribution in [3.05, 3.63) is 17.0 Å². The summed E-state index contributed by atoms with van der Waals surface area (Å²) in [6.45, 7) is 11.5. The fourth-order valence-electron chi connectivity index (χ4n) is 1.62. The van der Waals surface area contributed by atoms with E-state index in [9.17, 15) is 0 Å². The Bertz CT molecular complexity index is 272. The molecule has 0 aliphatic heterocycles. The molecule has 0 aliphatic carbocycles. The lowest BCUT2D eigenvalue weighted by atomic mass is 10.1. The van der Waals surface area contributed by atoms with E-state index in [1.165, 1.54) is 5.56 Å². The molecule has 14 heavy (non-hydrogen) atoms. The van der Waals surface area contributed by atoms with Crippen LogP contribution in [0.2, 0.25) is 0 Å². The lowest BCUT2D eigenvalue weighted by Crippen LogP contribution is -2.23. The average Bonchev–Trinajstić information content (AvgIpc) is 2.42. The van der Waals surface area contributed by atoms with Crippen molar-refractivity contribution in [1.82, 2.24) is 10.5 Å². The summed E-state index contributed by atoms with van der Waals surface area (Å²) in [5.41, 5.74) is 2.19. The molecule has 0 radical (unpaired) electrons. The molecule has 3 nitrogen and oxygen atoms in total. The van der Waals surface area contributed by atoms with E-state index in [1.807, 2.05) is 13.8 Å². The minimum atomic E-state index is 0.323. The molecule has 80 valence electrons. The lowest BCUT2D eigenvalue weighted by Gasteiger charge is -2.15. The Hall–Kier alpha value is -0.830. The molecule has 1 N–H and O–H groups in total. The molecule has 0 amide bonds. The molecule has 0 saturated heterocycles. The van der Waals surface area contributed by atoms with Crippen LogP contribution in [-0.4, -0.2) is 11.7 Å². The van der Waals surface area contributed by atoms with Crippen LogP contribution in [0.15, 0.2) is 4.52 Å². The van der Waals surface area contributed by atoms with Gasteiger partial charge in [0.1, 0.15) is 5.76 Å². The van der Waals surface area contributed by atoms with Crippen molar-refractivity contribution in [2.24, 2.45) is 5.92 Å². The third kappa shape index (κ3) is 2.58. The Labute approximate surface area is 85.9 Å². The van der Waals surface area contributed by atoms with Crippen molar-refractivity contribution in [3.63, 3.8) is 0 Å². The zero-order valence-corrected chi connectivity index (χ0v) is 9.72.